The molecule has 0 heterocycles. The van der Waals surface area contributed by atoms with E-state index in [1.165, 1.54) is 17.7 Å². The van der Waals surface area contributed by atoms with Gasteiger partial charge in [-0.05, 0) is 42.2 Å². The zero-order chi connectivity index (χ0) is 15.5. The van der Waals surface area contributed by atoms with Crippen LogP contribution in [0.3, 0.4) is 0 Å². The number of halogens is 2. The predicted octanol–water partition coefficient (Wildman–Crippen LogP) is 3.77. The average Bonchev–Trinajstić information content (AvgIpc) is 2.90. The van der Waals surface area contributed by atoms with Crippen molar-refractivity contribution in [1.29, 1.82) is 0 Å². The summed E-state index contributed by atoms with van der Waals surface area (Å²) in [6.07, 6.45) is 1.85. The van der Waals surface area contributed by atoms with Gasteiger partial charge in [0.05, 0.1) is 6.04 Å². The van der Waals surface area contributed by atoms with Gasteiger partial charge in [0.2, 0.25) is 0 Å². The molecule has 3 nitrogen and oxygen atoms in total. The van der Waals surface area contributed by atoms with Gasteiger partial charge in [-0.2, -0.15) is 0 Å². The molecule has 0 radical (unpaired) electrons. The molecule has 0 aromatic heterocycles. The Balaban J connectivity index is 1.57. The van der Waals surface area contributed by atoms with E-state index in [1.807, 2.05) is 18.2 Å². The van der Waals surface area contributed by atoms with E-state index in [4.69, 9.17) is 4.74 Å². The van der Waals surface area contributed by atoms with E-state index in [0.29, 0.717) is 4.47 Å². The van der Waals surface area contributed by atoms with Crippen LogP contribution >= 0.6 is 15.9 Å². The molecule has 1 aliphatic carbocycles. The largest absolute Gasteiger partial charge is 0.481 e. The predicted molar refractivity (Wildman–Crippen MR) is 85.2 cm³/mol. The number of benzene rings is 2. The number of ether oxygens (including phenoxy) is 1. The molecule has 0 saturated heterocycles. The van der Waals surface area contributed by atoms with Crippen LogP contribution in [0.5, 0.6) is 5.75 Å². The Morgan fingerprint density at radius 2 is 2.14 bits per heavy atom. The van der Waals surface area contributed by atoms with Gasteiger partial charge in [0.15, 0.2) is 18.2 Å². The van der Waals surface area contributed by atoms with Crippen molar-refractivity contribution in [2.24, 2.45) is 0 Å². The fraction of sp³-hybridized carbons (Fsp3) is 0.235. The maximum atomic E-state index is 13.6. The third-order valence-electron chi connectivity index (χ3n) is 3.72. The standard InChI is InChI=1S/C17H15BrFNO2/c18-12-6-8-16(14(19)9-12)22-10-17(21)20-15-7-5-11-3-1-2-4-13(11)15/h1-4,6,8-9,15H,5,7,10H2,(H,20,21). The van der Waals surface area contributed by atoms with Crippen LogP contribution in [0.15, 0.2) is 46.9 Å². The Hall–Kier alpha value is -1.88. The zero-order valence-corrected chi connectivity index (χ0v) is 13.4. The summed E-state index contributed by atoms with van der Waals surface area (Å²) in [4.78, 5) is 12.0. The molecule has 114 valence electrons. The van der Waals surface area contributed by atoms with Crippen LogP contribution in [0.1, 0.15) is 23.6 Å². The summed E-state index contributed by atoms with van der Waals surface area (Å²) in [5.74, 6) is -0.664. The first-order valence-corrected chi connectivity index (χ1v) is 7.88. The van der Waals surface area contributed by atoms with Crippen LogP contribution in [0, 0.1) is 5.82 Å². The molecule has 2 aromatic carbocycles. The van der Waals surface area contributed by atoms with Gasteiger partial charge in [-0.25, -0.2) is 4.39 Å². The maximum absolute atomic E-state index is 13.6. The van der Waals surface area contributed by atoms with Crippen molar-refractivity contribution >= 4 is 21.8 Å². The lowest BCUT2D eigenvalue weighted by atomic mass is 10.1. The Morgan fingerprint density at radius 3 is 2.95 bits per heavy atom. The third-order valence-corrected chi connectivity index (χ3v) is 4.21. The molecule has 0 aliphatic heterocycles. The first kappa shape index (κ1) is 15.0. The van der Waals surface area contributed by atoms with E-state index in [-0.39, 0.29) is 24.3 Å². The molecule has 1 amide bonds. The summed E-state index contributed by atoms with van der Waals surface area (Å²) < 4.78 is 19.5. The minimum absolute atomic E-state index is 0.0158. The van der Waals surface area contributed by atoms with Gasteiger partial charge in [-0.1, -0.05) is 40.2 Å². The lowest BCUT2D eigenvalue weighted by Gasteiger charge is -2.14. The number of carbonyl (C=O) groups is 1. The molecule has 1 N–H and O–H groups in total. The van der Waals surface area contributed by atoms with Crippen molar-refractivity contribution in [1.82, 2.24) is 5.32 Å². The molecular formula is C17H15BrFNO2. The Bertz CT molecular complexity index is 705. The van der Waals surface area contributed by atoms with Gasteiger partial charge >= 0.3 is 0 Å². The lowest BCUT2D eigenvalue weighted by molar-refractivity contribution is -0.123. The average molecular weight is 364 g/mol. The zero-order valence-electron chi connectivity index (χ0n) is 11.8. The van der Waals surface area contributed by atoms with Gasteiger partial charge < -0.3 is 10.1 Å². The van der Waals surface area contributed by atoms with Crippen molar-refractivity contribution in [2.45, 2.75) is 18.9 Å². The fourth-order valence-corrected chi connectivity index (χ4v) is 3.01. The third kappa shape index (κ3) is 3.30. The highest BCUT2D eigenvalue weighted by Gasteiger charge is 2.23. The minimum atomic E-state index is -0.492. The van der Waals surface area contributed by atoms with Gasteiger partial charge in [0, 0.05) is 4.47 Å². The first-order chi connectivity index (χ1) is 10.6. The summed E-state index contributed by atoms with van der Waals surface area (Å²) in [6, 6.07) is 12.6. The number of rotatable bonds is 4. The smallest absolute Gasteiger partial charge is 0.258 e. The highest BCUT2D eigenvalue weighted by Crippen LogP contribution is 2.30. The highest BCUT2D eigenvalue weighted by atomic mass is 79.9. The number of nitrogens with one attached hydrogen (secondary N) is 1. The summed E-state index contributed by atoms with van der Waals surface area (Å²) in [6.45, 7) is -0.197. The molecule has 0 saturated carbocycles. The molecule has 3 rings (SSSR count). The number of aryl methyl sites for hydroxylation is 1. The number of carbonyl (C=O) groups excluding carboxylic acids is 1. The van der Waals surface area contributed by atoms with Crippen LogP contribution in [0.4, 0.5) is 4.39 Å². The molecule has 5 heteroatoms. The summed E-state index contributed by atoms with van der Waals surface area (Å²) in [5.41, 5.74) is 2.43. The topological polar surface area (TPSA) is 38.3 Å². The monoisotopic (exact) mass is 363 g/mol. The second-order valence-corrected chi connectivity index (χ2v) is 6.14. The molecule has 0 fully saturated rings. The molecule has 1 aliphatic rings. The number of hydrogen-bond donors (Lipinski definition) is 1. The quantitative estimate of drug-likeness (QED) is 0.897. The van der Waals surface area contributed by atoms with Gasteiger partial charge in [0.1, 0.15) is 0 Å². The fourth-order valence-electron chi connectivity index (χ4n) is 2.68. The van der Waals surface area contributed by atoms with E-state index < -0.39 is 5.82 Å². The molecular weight excluding hydrogens is 349 g/mol. The molecule has 22 heavy (non-hydrogen) atoms. The highest BCUT2D eigenvalue weighted by molar-refractivity contribution is 9.10. The van der Waals surface area contributed by atoms with Crippen molar-refractivity contribution in [3.8, 4) is 5.75 Å². The normalized spacial score (nSPS) is 16.2. The second kappa shape index (κ2) is 6.48. The van der Waals surface area contributed by atoms with Crippen molar-refractivity contribution in [3.63, 3.8) is 0 Å². The molecule has 2 aromatic rings. The van der Waals surface area contributed by atoms with Crippen molar-refractivity contribution in [3.05, 3.63) is 63.9 Å². The lowest BCUT2D eigenvalue weighted by Crippen LogP contribution is -2.31. The van der Waals surface area contributed by atoms with Gasteiger partial charge in [-0.3, -0.25) is 4.79 Å². The SMILES string of the molecule is O=C(COc1ccc(Br)cc1F)NC1CCc2ccccc21. The second-order valence-electron chi connectivity index (χ2n) is 5.22. The Morgan fingerprint density at radius 1 is 1.32 bits per heavy atom. The Labute approximate surface area is 136 Å². The van der Waals surface area contributed by atoms with Crippen molar-refractivity contribution < 1.29 is 13.9 Å². The Kier molecular flexibility index (Phi) is 4.43. The van der Waals surface area contributed by atoms with Crippen LogP contribution in [-0.2, 0) is 11.2 Å². The molecule has 1 atom stereocenters. The molecule has 1 unspecified atom stereocenters. The van der Waals surface area contributed by atoms with Crippen LogP contribution in [-0.4, -0.2) is 12.5 Å². The van der Waals surface area contributed by atoms with E-state index in [0.717, 1.165) is 18.4 Å². The van der Waals surface area contributed by atoms with Crippen LogP contribution in [0.25, 0.3) is 0 Å². The number of hydrogen-bond acceptors (Lipinski definition) is 2. The van der Waals surface area contributed by atoms with E-state index >= 15 is 0 Å². The van der Waals surface area contributed by atoms with Gasteiger partial charge in [-0.15, -0.1) is 0 Å². The maximum Gasteiger partial charge on any atom is 0.258 e. The number of amides is 1. The first-order valence-electron chi connectivity index (χ1n) is 7.08. The summed E-state index contributed by atoms with van der Waals surface area (Å²) in [7, 11) is 0. The summed E-state index contributed by atoms with van der Waals surface area (Å²) in [5, 5.41) is 2.94. The van der Waals surface area contributed by atoms with Crippen LogP contribution in [0.2, 0.25) is 0 Å². The van der Waals surface area contributed by atoms with E-state index in [1.54, 1.807) is 6.07 Å². The number of fused-ring (bicyclic) bond motifs is 1. The van der Waals surface area contributed by atoms with E-state index in [2.05, 4.69) is 27.3 Å². The molecule has 0 bridgehead atoms. The summed E-state index contributed by atoms with van der Waals surface area (Å²) >= 11 is 3.18. The van der Waals surface area contributed by atoms with Gasteiger partial charge in [0.25, 0.3) is 5.91 Å². The van der Waals surface area contributed by atoms with Crippen molar-refractivity contribution in [2.75, 3.05) is 6.61 Å². The van der Waals surface area contributed by atoms with E-state index in [9.17, 15) is 9.18 Å². The molecule has 0 spiro atoms. The van der Waals surface area contributed by atoms with Crippen LogP contribution < -0.4 is 10.1 Å². The minimum Gasteiger partial charge on any atom is -0.481 e.